The van der Waals surface area contributed by atoms with E-state index in [1.54, 1.807) is 11.6 Å². The maximum Gasteiger partial charge on any atom is 0.354 e. The Balaban J connectivity index is 2.90. The number of aromatic nitrogens is 3. The predicted molar refractivity (Wildman–Crippen MR) is 78.7 cm³/mol. The molecule has 0 spiro atoms. The van der Waals surface area contributed by atoms with Crippen molar-refractivity contribution < 1.29 is 9.53 Å². The second-order valence-electron chi connectivity index (χ2n) is 4.97. The highest BCUT2D eigenvalue weighted by Crippen LogP contribution is 2.17. The van der Waals surface area contributed by atoms with E-state index < -0.39 is 17.2 Å². The van der Waals surface area contributed by atoms with E-state index in [-0.39, 0.29) is 0 Å². The van der Waals surface area contributed by atoms with Crippen LogP contribution in [-0.2, 0) is 25.4 Å². The lowest BCUT2D eigenvalue weighted by atomic mass is 10.3. The van der Waals surface area contributed by atoms with Gasteiger partial charge >= 0.3 is 11.7 Å². The van der Waals surface area contributed by atoms with Gasteiger partial charge in [-0.1, -0.05) is 13.3 Å². The van der Waals surface area contributed by atoms with Gasteiger partial charge in [0.25, 0.3) is 5.56 Å². The number of hydrogen-bond acceptors (Lipinski definition) is 4. The monoisotopic (exact) mass is 293 g/mol. The number of ether oxygens (including phenoxy) is 1. The summed E-state index contributed by atoms with van der Waals surface area (Å²) in [5, 5.41) is 0.344. The number of esters is 1. The summed E-state index contributed by atoms with van der Waals surface area (Å²) >= 11 is 0. The fourth-order valence-electron chi connectivity index (χ4n) is 2.46. The van der Waals surface area contributed by atoms with Crippen molar-refractivity contribution in [3.8, 4) is 0 Å². The summed E-state index contributed by atoms with van der Waals surface area (Å²) in [5.41, 5.74) is -0.0792. The van der Waals surface area contributed by atoms with Crippen LogP contribution in [-0.4, -0.2) is 26.8 Å². The van der Waals surface area contributed by atoms with Gasteiger partial charge in [0, 0.05) is 20.6 Å². The number of rotatable bonds is 4. The highest BCUT2D eigenvalue weighted by Gasteiger charge is 2.21. The SMILES string of the molecule is CCCCn1c(C(=O)OC)cc2c(=O)n(C)c(=O)n(C)c21. The van der Waals surface area contributed by atoms with Crippen molar-refractivity contribution >= 4 is 17.0 Å². The third-order valence-corrected chi connectivity index (χ3v) is 3.62. The van der Waals surface area contributed by atoms with Crippen LogP contribution in [0.3, 0.4) is 0 Å². The number of unbranched alkanes of at least 4 members (excludes halogenated alkanes) is 1. The second kappa shape index (κ2) is 5.59. The largest absolute Gasteiger partial charge is 0.464 e. The van der Waals surface area contributed by atoms with Gasteiger partial charge in [-0.3, -0.25) is 13.9 Å². The minimum atomic E-state index is -0.517. The summed E-state index contributed by atoms with van der Waals surface area (Å²) in [7, 11) is 4.31. The van der Waals surface area contributed by atoms with Crippen LogP contribution in [0.15, 0.2) is 15.7 Å². The quantitative estimate of drug-likeness (QED) is 0.775. The molecule has 2 aromatic heterocycles. The minimum Gasteiger partial charge on any atom is -0.464 e. The molecule has 0 atom stereocenters. The van der Waals surface area contributed by atoms with E-state index in [9.17, 15) is 14.4 Å². The molecule has 0 aliphatic heterocycles. The Morgan fingerprint density at radius 2 is 1.90 bits per heavy atom. The molecule has 0 aliphatic rings. The van der Waals surface area contributed by atoms with Gasteiger partial charge in [0.1, 0.15) is 11.3 Å². The van der Waals surface area contributed by atoms with Crippen molar-refractivity contribution in [3.63, 3.8) is 0 Å². The summed E-state index contributed by atoms with van der Waals surface area (Å²) in [6, 6.07) is 1.50. The molecule has 2 aromatic rings. The highest BCUT2D eigenvalue weighted by molar-refractivity contribution is 5.94. The van der Waals surface area contributed by atoms with Gasteiger partial charge in [0.05, 0.1) is 12.5 Å². The lowest BCUT2D eigenvalue weighted by Gasteiger charge is -2.11. The van der Waals surface area contributed by atoms with Gasteiger partial charge in [-0.2, -0.15) is 0 Å². The topological polar surface area (TPSA) is 75.2 Å². The Labute approximate surface area is 121 Å². The zero-order valence-corrected chi connectivity index (χ0v) is 12.7. The van der Waals surface area contributed by atoms with Crippen LogP contribution < -0.4 is 11.2 Å². The first kappa shape index (κ1) is 15.1. The molecule has 0 saturated heterocycles. The molecule has 0 aromatic carbocycles. The molecule has 0 radical (unpaired) electrons. The van der Waals surface area contributed by atoms with E-state index in [0.717, 1.165) is 17.4 Å². The summed E-state index contributed by atoms with van der Waals surface area (Å²) in [4.78, 5) is 36.2. The zero-order chi connectivity index (χ0) is 15.7. The fraction of sp³-hybridized carbons (Fsp3) is 0.500. The third-order valence-electron chi connectivity index (χ3n) is 3.62. The molecule has 21 heavy (non-hydrogen) atoms. The Morgan fingerprint density at radius 3 is 2.48 bits per heavy atom. The molecule has 0 amide bonds. The molecule has 0 saturated carbocycles. The van der Waals surface area contributed by atoms with Crippen LogP contribution in [0.2, 0.25) is 0 Å². The van der Waals surface area contributed by atoms with Crippen LogP contribution >= 0.6 is 0 Å². The van der Waals surface area contributed by atoms with E-state index in [1.165, 1.54) is 24.8 Å². The summed E-state index contributed by atoms with van der Waals surface area (Å²) in [6.45, 7) is 2.58. The molecule has 0 fully saturated rings. The number of methoxy groups -OCH3 is 1. The van der Waals surface area contributed by atoms with Crippen LogP contribution in [0, 0.1) is 0 Å². The van der Waals surface area contributed by atoms with Crippen LogP contribution in [0.5, 0.6) is 0 Å². The van der Waals surface area contributed by atoms with Crippen LogP contribution in [0.4, 0.5) is 0 Å². The maximum absolute atomic E-state index is 12.2. The number of aryl methyl sites for hydroxylation is 2. The van der Waals surface area contributed by atoms with Gasteiger partial charge in [0.2, 0.25) is 0 Å². The zero-order valence-electron chi connectivity index (χ0n) is 12.7. The van der Waals surface area contributed by atoms with Gasteiger partial charge in [-0.25, -0.2) is 9.59 Å². The first-order valence-electron chi connectivity index (χ1n) is 6.81. The number of carbonyl (C=O) groups excluding carboxylic acids is 1. The summed E-state index contributed by atoms with van der Waals surface area (Å²) in [6.07, 6.45) is 1.76. The lowest BCUT2D eigenvalue weighted by Crippen LogP contribution is -2.37. The van der Waals surface area contributed by atoms with E-state index in [1.807, 2.05) is 6.92 Å². The first-order chi connectivity index (χ1) is 9.93. The standard InChI is InChI=1S/C14H19N3O4/c1-5-6-7-17-10(13(19)21-4)8-9-11(17)15(2)14(20)16(3)12(9)18/h8H,5-7H2,1-4H3. The normalized spacial score (nSPS) is 11.0. The number of hydrogen-bond donors (Lipinski definition) is 0. The van der Waals surface area contributed by atoms with Crippen LogP contribution in [0.1, 0.15) is 30.3 Å². The van der Waals surface area contributed by atoms with E-state index >= 15 is 0 Å². The van der Waals surface area contributed by atoms with Gasteiger partial charge in [0.15, 0.2) is 0 Å². The summed E-state index contributed by atoms with van der Waals surface area (Å²) in [5.74, 6) is -0.517. The molecule has 114 valence electrons. The van der Waals surface area contributed by atoms with E-state index in [0.29, 0.717) is 23.3 Å². The molecular formula is C14H19N3O4. The maximum atomic E-state index is 12.2. The average molecular weight is 293 g/mol. The lowest BCUT2D eigenvalue weighted by molar-refractivity contribution is 0.0588. The molecule has 2 heterocycles. The highest BCUT2D eigenvalue weighted by atomic mass is 16.5. The molecule has 0 bridgehead atoms. The van der Waals surface area contributed by atoms with Gasteiger partial charge < -0.3 is 9.30 Å². The molecule has 2 rings (SSSR count). The smallest absolute Gasteiger partial charge is 0.354 e. The third kappa shape index (κ3) is 2.28. The molecular weight excluding hydrogens is 274 g/mol. The van der Waals surface area contributed by atoms with Gasteiger partial charge in [-0.15, -0.1) is 0 Å². The fourth-order valence-corrected chi connectivity index (χ4v) is 2.46. The van der Waals surface area contributed by atoms with Gasteiger partial charge in [-0.05, 0) is 12.5 Å². The average Bonchev–Trinajstić information content (AvgIpc) is 2.87. The van der Waals surface area contributed by atoms with Crippen molar-refractivity contribution in [2.75, 3.05) is 7.11 Å². The minimum absolute atomic E-state index is 0.291. The Hall–Kier alpha value is -2.31. The van der Waals surface area contributed by atoms with Crippen molar-refractivity contribution in [3.05, 3.63) is 32.6 Å². The molecule has 7 nitrogen and oxygen atoms in total. The molecule has 7 heteroatoms. The molecule has 0 aliphatic carbocycles. The first-order valence-corrected chi connectivity index (χ1v) is 6.81. The number of carbonyl (C=O) groups is 1. The molecule has 0 unspecified atom stereocenters. The van der Waals surface area contributed by atoms with Crippen molar-refractivity contribution in [2.24, 2.45) is 14.1 Å². The Morgan fingerprint density at radius 1 is 1.24 bits per heavy atom. The number of fused-ring (bicyclic) bond motifs is 1. The number of nitrogens with zero attached hydrogens (tertiary/aromatic N) is 3. The van der Waals surface area contributed by atoms with E-state index in [2.05, 4.69) is 0 Å². The van der Waals surface area contributed by atoms with Crippen molar-refractivity contribution in [1.29, 1.82) is 0 Å². The van der Waals surface area contributed by atoms with Crippen LogP contribution in [0.25, 0.3) is 11.0 Å². The Bertz CT molecular complexity index is 810. The second-order valence-corrected chi connectivity index (χ2v) is 4.97. The molecule has 0 N–H and O–H groups in total. The Kier molecular flexibility index (Phi) is 4.02. The summed E-state index contributed by atoms with van der Waals surface area (Å²) < 4.78 is 8.88. The van der Waals surface area contributed by atoms with Crippen molar-refractivity contribution in [1.82, 2.24) is 13.7 Å². The predicted octanol–water partition coefficient (Wildman–Crippen LogP) is 0.625. The van der Waals surface area contributed by atoms with E-state index in [4.69, 9.17) is 4.74 Å². The van der Waals surface area contributed by atoms with Crippen molar-refractivity contribution in [2.45, 2.75) is 26.3 Å².